The number of aliphatic hydroxyl groups excluding tert-OH is 1. The van der Waals surface area contributed by atoms with Crippen LogP contribution in [0.4, 0.5) is 5.69 Å². The van der Waals surface area contributed by atoms with Crippen LogP contribution in [0.5, 0.6) is 5.75 Å². The molecule has 3 amide bonds. The minimum Gasteiger partial charge on any atom is -0.508 e. The smallest absolute Gasteiger partial charge is 0.336 e. The lowest BCUT2D eigenvalue weighted by atomic mass is 9.83. The van der Waals surface area contributed by atoms with Crippen LogP contribution in [0, 0.1) is 11.8 Å². The molecule has 10 N–H and O–H groups in total. The number of rotatable bonds is 22. The van der Waals surface area contributed by atoms with Gasteiger partial charge < -0.3 is 51.3 Å². The van der Waals surface area contributed by atoms with Crippen LogP contribution in [0.15, 0.2) is 136 Å². The molecule has 3 heterocycles. The number of amides is 3. The number of fused-ring (bicyclic) bond motifs is 3. The van der Waals surface area contributed by atoms with Crippen LogP contribution in [-0.2, 0) is 27.2 Å². The summed E-state index contributed by atoms with van der Waals surface area (Å²) in [6.07, 6.45) is 14.2. The monoisotopic (exact) mass is 1010 g/mol. The van der Waals surface area contributed by atoms with E-state index in [4.69, 9.17) is 16.6 Å². The third kappa shape index (κ3) is 13.1. The van der Waals surface area contributed by atoms with E-state index in [2.05, 4.69) is 52.9 Å². The van der Waals surface area contributed by atoms with Crippen molar-refractivity contribution in [1.29, 1.82) is 0 Å². The average molecular weight is 1010 g/mol. The Kier molecular flexibility index (Phi) is 16.8. The molecule has 4 aliphatic rings. The van der Waals surface area contributed by atoms with E-state index in [0.29, 0.717) is 59.4 Å². The van der Waals surface area contributed by atoms with Gasteiger partial charge in [0, 0.05) is 91.2 Å². The normalized spacial score (nSPS) is 17.3. The highest BCUT2D eigenvalue weighted by atomic mass is 32.1. The second-order valence-corrected chi connectivity index (χ2v) is 18.5. The maximum Gasteiger partial charge on any atom is 0.336 e. The van der Waals surface area contributed by atoms with E-state index < -0.39 is 36.2 Å². The fraction of sp³-hybridized carbons (Fsp3) is 0.296. The Morgan fingerprint density at radius 3 is 2.47 bits per heavy atom. The number of aromatic nitrogens is 2. The lowest BCUT2D eigenvalue weighted by Crippen LogP contribution is -2.60. The average Bonchev–Trinajstić information content (AvgIpc) is 4.06. The van der Waals surface area contributed by atoms with Gasteiger partial charge in [0.1, 0.15) is 35.2 Å². The molecule has 4 aromatic rings. The van der Waals surface area contributed by atoms with Crippen molar-refractivity contribution in [3.8, 4) is 28.2 Å². The van der Waals surface area contributed by atoms with Crippen LogP contribution >= 0.6 is 12.2 Å². The summed E-state index contributed by atoms with van der Waals surface area (Å²) in [5.41, 5.74) is 2.64. The first-order valence-corrected chi connectivity index (χ1v) is 24.5. The van der Waals surface area contributed by atoms with Crippen molar-refractivity contribution in [2.75, 3.05) is 18.9 Å². The fourth-order valence-corrected chi connectivity index (χ4v) is 9.53. The Labute approximate surface area is 425 Å². The van der Waals surface area contributed by atoms with Crippen molar-refractivity contribution in [1.82, 2.24) is 36.6 Å². The maximum absolute atomic E-state index is 14.4. The van der Waals surface area contributed by atoms with E-state index in [9.17, 15) is 39.3 Å². The molecule has 8 rings (SSSR count). The molecule has 0 radical (unpaired) electrons. The minimum absolute atomic E-state index is 0.0190. The van der Waals surface area contributed by atoms with Crippen LogP contribution in [0.3, 0.4) is 0 Å². The number of nitrogens with one attached hydrogen (secondary N) is 7. The van der Waals surface area contributed by atoms with E-state index >= 15 is 0 Å². The van der Waals surface area contributed by atoms with Gasteiger partial charge in [0.25, 0.3) is 0 Å². The molecule has 0 spiro atoms. The number of phenols is 1. The second kappa shape index (κ2) is 23.9. The first kappa shape index (κ1) is 51.4. The third-order valence-corrected chi connectivity index (χ3v) is 13.2. The number of anilines is 1. The zero-order valence-corrected chi connectivity index (χ0v) is 40.7. The number of aliphatic imine (C=N–C) groups is 1. The molecule has 378 valence electrons. The van der Waals surface area contributed by atoms with Crippen molar-refractivity contribution < 1.29 is 38.9 Å². The van der Waals surface area contributed by atoms with Crippen LogP contribution in [0.2, 0.25) is 0 Å². The summed E-state index contributed by atoms with van der Waals surface area (Å²) >= 11 is 5.55. The summed E-state index contributed by atoms with van der Waals surface area (Å²) < 4.78 is 5.93. The number of imidazole rings is 1. The number of carbonyl (C=O) groups is 4. The van der Waals surface area contributed by atoms with Crippen LogP contribution in [0.25, 0.3) is 33.4 Å². The Hall–Kier alpha value is -8.00. The predicted molar refractivity (Wildman–Crippen MR) is 281 cm³/mol. The number of aromatic carboxylic acids is 1. The molecule has 3 aromatic carbocycles. The number of benzene rings is 4. The lowest BCUT2D eigenvalue weighted by Gasteiger charge is -2.31. The SMILES string of the molecule is CNC(=O)[C@H](Cc1ncc[nH]1)N[C@H](O)[C@H](Cc1ccccc1)NC(=O)[C@H](CC1C=NC2C=CC=CC12)NC(=O)CCCCCNC(=S)Nc1ccc(-c2c3ccc(=O)cc-3oc3cc(O)ccc23)c(C(=O)O)c1. The number of carboxylic acids is 1. The van der Waals surface area contributed by atoms with Crippen LogP contribution in [-0.4, -0.2) is 104 Å². The van der Waals surface area contributed by atoms with Gasteiger partial charge in [-0.3, -0.25) is 29.5 Å². The zero-order chi connectivity index (χ0) is 51.4. The number of thiocarbonyl (C=S) groups is 1. The summed E-state index contributed by atoms with van der Waals surface area (Å²) in [4.78, 5) is 77.8. The molecule has 0 saturated carbocycles. The van der Waals surface area contributed by atoms with Gasteiger partial charge in [0.15, 0.2) is 10.5 Å². The molecule has 7 atom stereocenters. The number of hydrogen-bond acceptors (Lipinski definition) is 12. The summed E-state index contributed by atoms with van der Waals surface area (Å²) in [5.74, 6) is -1.77. The summed E-state index contributed by atoms with van der Waals surface area (Å²) in [5, 5.41) is 50.8. The number of aromatic amines is 1. The van der Waals surface area contributed by atoms with E-state index in [0.717, 1.165) is 5.56 Å². The van der Waals surface area contributed by atoms with Crippen molar-refractivity contribution >= 4 is 63.9 Å². The lowest BCUT2D eigenvalue weighted by molar-refractivity contribution is -0.130. The number of phenolic OH excluding ortho intramolecular Hbond substituents is 1. The molecule has 1 aromatic heterocycles. The highest BCUT2D eigenvalue weighted by Gasteiger charge is 2.36. The van der Waals surface area contributed by atoms with Gasteiger partial charge in [-0.25, -0.2) is 9.78 Å². The quantitative estimate of drug-likeness (QED) is 0.0181. The number of H-pyrrole nitrogens is 1. The molecule has 2 aliphatic carbocycles. The van der Waals surface area contributed by atoms with E-state index in [1.807, 2.05) is 54.8 Å². The highest BCUT2D eigenvalue weighted by Crippen LogP contribution is 2.42. The maximum atomic E-state index is 14.4. The molecule has 18 nitrogen and oxygen atoms in total. The van der Waals surface area contributed by atoms with Gasteiger partial charge in [-0.1, -0.05) is 67.1 Å². The Morgan fingerprint density at radius 1 is 0.877 bits per heavy atom. The van der Waals surface area contributed by atoms with Gasteiger partial charge in [-0.2, -0.15) is 0 Å². The Morgan fingerprint density at radius 2 is 1.68 bits per heavy atom. The van der Waals surface area contributed by atoms with Crippen molar-refractivity contribution in [3.05, 3.63) is 149 Å². The first-order valence-electron chi connectivity index (χ1n) is 24.1. The predicted octanol–water partition coefficient (Wildman–Crippen LogP) is 5.22. The van der Waals surface area contributed by atoms with Gasteiger partial charge in [0.05, 0.1) is 23.7 Å². The number of nitrogens with zero attached hydrogens (tertiary/aromatic N) is 2. The van der Waals surface area contributed by atoms with Gasteiger partial charge in [0.2, 0.25) is 17.7 Å². The van der Waals surface area contributed by atoms with Crippen molar-refractivity contribution in [2.45, 2.75) is 75.3 Å². The number of hydrogen-bond donors (Lipinski definition) is 10. The van der Waals surface area contributed by atoms with Crippen molar-refractivity contribution in [2.24, 2.45) is 16.8 Å². The Balaban J connectivity index is 0.875. The topological polar surface area (TPSA) is 272 Å². The summed E-state index contributed by atoms with van der Waals surface area (Å²) in [6, 6.07) is 20.1. The number of aromatic hydroxyl groups is 1. The molecule has 2 aliphatic heterocycles. The largest absolute Gasteiger partial charge is 0.508 e. The van der Waals surface area contributed by atoms with Crippen LogP contribution in [0.1, 0.15) is 53.8 Å². The number of allylic oxidation sites excluding steroid dienone is 2. The third-order valence-electron chi connectivity index (χ3n) is 13.0. The van der Waals surface area contributed by atoms with Gasteiger partial charge in [-0.15, -0.1) is 0 Å². The minimum atomic E-state index is -1.38. The number of carboxylic acid groups (broad SMARTS) is 1. The number of likely N-dealkylation sites (N-methyl/N-ethyl adjacent to an activating group) is 1. The molecule has 3 unspecified atom stereocenters. The molecule has 0 bridgehead atoms. The first-order chi connectivity index (χ1) is 35.3. The number of unbranched alkanes of at least 4 members (excludes halogenated alkanes) is 2. The van der Waals surface area contributed by atoms with Gasteiger partial charge >= 0.3 is 5.97 Å². The highest BCUT2D eigenvalue weighted by molar-refractivity contribution is 7.80. The molecule has 0 fully saturated rings. The molecule has 0 saturated heterocycles. The van der Waals surface area contributed by atoms with Crippen molar-refractivity contribution in [3.63, 3.8) is 0 Å². The zero-order valence-electron chi connectivity index (χ0n) is 39.9. The molecular formula is C54H57N9O9S. The fourth-order valence-electron chi connectivity index (χ4n) is 9.31. The van der Waals surface area contributed by atoms with E-state index in [1.54, 1.807) is 36.7 Å². The standard InChI is InChI=1S/C54H57N9O9S/c1-55-50(67)44(29-47-56-22-23-57-47)63-51(68)42(24-31-10-4-2-5-11-31)62-52(69)43(25-32-30-59-41-13-8-7-12-36(32)41)61-48(66)14-6-3-9-21-58-54(73)60-33-15-18-37(40(26-33)53(70)71)49-38-19-16-34(64)27-45(38)72-46-28-35(65)17-20-39(46)49/h2,4-5,7-8,10-13,15-20,22-23,26-28,30,32,36,41-44,51,63-64,68H,3,6,9,14,21,24-25,29H2,1H3,(H,55,67)(H,56,57)(H,61,66)(H,62,69)(H,70,71)(H2,58,60,73)/t32?,36?,41?,42-,43-,44-,51+/m0/s1. The second-order valence-electron chi connectivity index (χ2n) is 18.1. The molecule has 73 heavy (non-hydrogen) atoms. The molecular weight excluding hydrogens is 951 g/mol. The molecule has 19 heteroatoms. The summed E-state index contributed by atoms with van der Waals surface area (Å²) in [6.45, 7) is 0.454. The van der Waals surface area contributed by atoms with E-state index in [1.165, 1.54) is 37.4 Å². The summed E-state index contributed by atoms with van der Waals surface area (Å²) in [7, 11) is 1.50. The number of aliphatic hydroxyl groups is 1. The number of carbonyl (C=O) groups excluding carboxylic acids is 3. The Bertz CT molecular complexity index is 3070. The van der Waals surface area contributed by atoms with Gasteiger partial charge in [-0.05, 0) is 85.4 Å². The van der Waals surface area contributed by atoms with E-state index in [-0.39, 0.29) is 88.6 Å². The van der Waals surface area contributed by atoms with Crippen LogP contribution < -0.4 is 37.3 Å².